The third-order valence-corrected chi connectivity index (χ3v) is 5.25. The molecule has 0 aromatic carbocycles. The predicted molar refractivity (Wildman–Crippen MR) is 75.9 cm³/mol. The van der Waals surface area contributed by atoms with Crippen molar-refractivity contribution < 1.29 is 9.59 Å². The van der Waals surface area contributed by atoms with Gasteiger partial charge in [0.1, 0.15) is 0 Å². The van der Waals surface area contributed by atoms with Gasteiger partial charge >= 0.3 is 0 Å². The van der Waals surface area contributed by atoms with Crippen molar-refractivity contribution in [2.24, 2.45) is 28.8 Å². The number of nitrogens with one attached hydrogen (secondary N) is 2. The van der Waals surface area contributed by atoms with Gasteiger partial charge in [-0.1, -0.05) is 6.42 Å². The second-order valence-electron chi connectivity index (χ2n) is 6.56. The van der Waals surface area contributed by atoms with Crippen LogP contribution in [0, 0.1) is 23.7 Å². The normalized spacial score (nSPS) is 35.0. The molecule has 1 aliphatic heterocycles. The minimum atomic E-state index is -0.169. The number of carbonyl (C=O) groups is 2. The Hall–Kier alpha value is -1.39. The van der Waals surface area contributed by atoms with Crippen molar-refractivity contribution in [1.29, 1.82) is 0 Å². The highest BCUT2D eigenvalue weighted by Crippen LogP contribution is 2.49. The van der Waals surface area contributed by atoms with E-state index in [9.17, 15) is 9.59 Å². The molecule has 2 N–H and O–H groups in total. The van der Waals surface area contributed by atoms with Crippen LogP contribution >= 0.6 is 0 Å². The van der Waals surface area contributed by atoms with Gasteiger partial charge < -0.3 is 5.32 Å². The van der Waals surface area contributed by atoms with Gasteiger partial charge in [-0.2, -0.15) is 5.10 Å². The lowest BCUT2D eigenvalue weighted by Crippen LogP contribution is -2.31. The molecule has 3 rings (SSSR count). The highest BCUT2D eigenvalue weighted by Gasteiger charge is 2.40. The van der Waals surface area contributed by atoms with Crippen LogP contribution in [0.3, 0.4) is 0 Å². The molecule has 2 aliphatic carbocycles. The van der Waals surface area contributed by atoms with Crippen LogP contribution in [0.25, 0.3) is 0 Å². The molecule has 0 aromatic heterocycles. The first-order valence-electron chi connectivity index (χ1n) is 7.74. The van der Waals surface area contributed by atoms with E-state index in [0.29, 0.717) is 25.3 Å². The van der Waals surface area contributed by atoms with Gasteiger partial charge in [0.05, 0.1) is 5.92 Å². The second kappa shape index (κ2) is 5.54. The summed E-state index contributed by atoms with van der Waals surface area (Å²) in [5.74, 6) is 2.21. The van der Waals surface area contributed by atoms with Crippen LogP contribution in [0.1, 0.15) is 45.4 Å². The SMILES string of the molecule is CC1=NNC(=O)C1CCNC(=O)CC1CC2CCC1C2. The molecule has 5 nitrogen and oxygen atoms in total. The molecule has 2 fully saturated rings. The Morgan fingerprint density at radius 1 is 1.40 bits per heavy atom. The molecule has 20 heavy (non-hydrogen) atoms. The summed E-state index contributed by atoms with van der Waals surface area (Å²) in [4.78, 5) is 23.5. The van der Waals surface area contributed by atoms with E-state index in [2.05, 4.69) is 15.8 Å². The van der Waals surface area contributed by atoms with Crippen molar-refractivity contribution >= 4 is 17.5 Å². The highest BCUT2D eigenvalue weighted by atomic mass is 16.2. The number of nitrogens with zero attached hydrogens (tertiary/aromatic N) is 1. The van der Waals surface area contributed by atoms with Crippen LogP contribution in [0.5, 0.6) is 0 Å². The number of hydrogen-bond acceptors (Lipinski definition) is 3. The molecule has 3 aliphatic rings. The fourth-order valence-electron chi connectivity index (χ4n) is 4.12. The van der Waals surface area contributed by atoms with Crippen molar-refractivity contribution in [2.75, 3.05) is 6.54 Å². The first-order chi connectivity index (χ1) is 9.63. The third kappa shape index (κ3) is 2.72. The fraction of sp³-hybridized carbons (Fsp3) is 0.800. The Kier molecular flexibility index (Phi) is 3.76. The zero-order chi connectivity index (χ0) is 14.1. The van der Waals surface area contributed by atoms with E-state index < -0.39 is 0 Å². The summed E-state index contributed by atoms with van der Waals surface area (Å²) in [7, 11) is 0. The van der Waals surface area contributed by atoms with E-state index in [1.807, 2.05) is 6.92 Å². The maximum Gasteiger partial charge on any atom is 0.248 e. The number of amides is 2. The van der Waals surface area contributed by atoms with Gasteiger partial charge in [-0.05, 0) is 50.4 Å². The predicted octanol–water partition coefficient (Wildman–Crippen LogP) is 1.44. The average Bonchev–Trinajstić information content (AvgIpc) is 3.09. The summed E-state index contributed by atoms with van der Waals surface area (Å²) in [6.07, 6.45) is 6.60. The van der Waals surface area contributed by atoms with Gasteiger partial charge in [-0.15, -0.1) is 0 Å². The molecule has 0 saturated heterocycles. The Balaban J connectivity index is 1.37. The van der Waals surface area contributed by atoms with Crippen molar-refractivity contribution in [3.05, 3.63) is 0 Å². The van der Waals surface area contributed by atoms with Crippen molar-refractivity contribution in [3.63, 3.8) is 0 Å². The second-order valence-corrected chi connectivity index (χ2v) is 6.56. The number of fused-ring (bicyclic) bond motifs is 2. The van der Waals surface area contributed by atoms with Gasteiger partial charge in [0.25, 0.3) is 0 Å². The van der Waals surface area contributed by atoms with E-state index in [1.54, 1.807) is 0 Å². The maximum absolute atomic E-state index is 12.0. The Morgan fingerprint density at radius 2 is 2.25 bits per heavy atom. The van der Waals surface area contributed by atoms with Crippen LogP contribution in [-0.4, -0.2) is 24.1 Å². The Morgan fingerprint density at radius 3 is 2.85 bits per heavy atom. The Labute approximate surface area is 119 Å². The van der Waals surface area contributed by atoms with Gasteiger partial charge in [0, 0.05) is 18.7 Å². The van der Waals surface area contributed by atoms with Gasteiger partial charge in [-0.3, -0.25) is 9.59 Å². The van der Waals surface area contributed by atoms with Gasteiger partial charge in [0.2, 0.25) is 11.8 Å². The first kappa shape index (κ1) is 13.6. The molecule has 5 heteroatoms. The van der Waals surface area contributed by atoms with E-state index in [4.69, 9.17) is 0 Å². The van der Waals surface area contributed by atoms with Crippen molar-refractivity contribution in [3.8, 4) is 0 Å². The molecule has 0 radical (unpaired) electrons. The van der Waals surface area contributed by atoms with Crippen molar-refractivity contribution in [1.82, 2.24) is 10.7 Å². The standard InChI is InChI=1S/C15H23N3O2/c1-9-13(15(20)18-17-9)4-5-16-14(19)8-12-7-10-2-3-11(12)6-10/h10-13H,2-8H2,1H3,(H,16,19)(H,18,20). The molecule has 4 atom stereocenters. The van der Waals surface area contributed by atoms with E-state index in [-0.39, 0.29) is 17.7 Å². The van der Waals surface area contributed by atoms with Crippen LogP contribution < -0.4 is 10.7 Å². The third-order valence-electron chi connectivity index (χ3n) is 5.25. The lowest BCUT2D eigenvalue weighted by Gasteiger charge is -2.21. The highest BCUT2D eigenvalue weighted by molar-refractivity contribution is 6.06. The minimum absolute atomic E-state index is 0.0511. The quantitative estimate of drug-likeness (QED) is 0.798. The summed E-state index contributed by atoms with van der Waals surface area (Å²) < 4.78 is 0. The van der Waals surface area contributed by atoms with Gasteiger partial charge in [-0.25, -0.2) is 5.43 Å². The molecule has 1 heterocycles. The fourth-order valence-corrected chi connectivity index (χ4v) is 4.12. The molecular formula is C15H23N3O2. The number of hydrazone groups is 1. The van der Waals surface area contributed by atoms with E-state index in [1.165, 1.54) is 25.7 Å². The van der Waals surface area contributed by atoms with Crippen LogP contribution in [0.4, 0.5) is 0 Å². The van der Waals surface area contributed by atoms with Crippen LogP contribution in [-0.2, 0) is 9.59 Å². The number of carbonyl (C=O) groups excluding carboxylic acids is 2. The zero-order valence-electron chi connectivity index (χ0n) is 12.0. The summed E-state index contributed by atoms with van der Waals surface area (Å²) in [5, 5.41) is 6.87. The van der Waals surface area contributed by atoms with E-state index in [0.717, 1.165) is 17.5 Å². The molecule has 4 unspecified atom stereocenters. The molecule has 2 saturated carbocycles. The van der Waals surface area contributed by atoms with E-state index >= 15 is 0 Å². The molecule has 0 spiro atoms. The van der Waals surface area contributed by atoms with Crippen LogP contribution in [0.15, 0.2) is 5.10 Å². The first-order valence-corrected chi connectivity index (χ1v) is 7.74. The average molecular weight is 277 g/mol. The lowest BCUT2D eigenvalue weighted by atomic mass is 9.86. The van der Waals surface area contributed by atoms with Crippen LogP contribution in [0.2, 0.25) is 0 Å². The molecule has 110 valence electrons. The smallest absolute Gasteiger partial charge is 0.248 e. The van der Waals surface area contributed by atoms with Crippen molar-refractivity contribution in [2.45, 2.75) is 45.4 Å². The zero-order valence-corrected chi connectivity index (χ0v) is 12.0. The number of hydrogen-bond donors (Lipinski definition) is 2. The summed E-state index contributed by atoms with van der Waals surface area (Å²) in [6, 6.07) is 0. The largest absolute Gasteiger partial charge is 0.356 e. The maximum atomic E-state index is 12.0. The molecule has 2 bridgehead atoms. The lowest BCUT2D eigenvalue weighted by molar-refractivity contribution is -0.124. The summed E-state index contributed by atoms with van der Waals surface area (Å²) >= 11 is 0. The number of rotatable bonds is 5. The molecule has 2 amide bonds. The topological polar surface area (TPSA) is 70.6 Å². The molecular weight excluding hydrogens is 254 g/mol. The monoisotopic (exact) mass is 277 g/mol. The van der Waals surface area contributed by atoms with Gasteiger partial charge in [0.15, 0.2) is 0 Å². The minimum Gasteiger partial charge on any atom is -0.356 e. The molecule has 0 aromatic rings. The Bertz CT molecular complexity index is 446. The summed E-state index contributed by atoms with van der Waals surface area (Å²) in [5.41, 5.74) is 3.29. The summed E-state index contributed by atoms with van der Waals surface area (Å²) in [6.45, 7) is 2.41.